The van der Waals surface area contributed by atoms with E-state index in [9.17, 15) is 9.59 Å². The van der Waals surface area contributed by atoms with E-state index in [0.717, 1.165) is 9.88 Å². The van der Waals surface area contributed by atoms with Crippen LogP contribution in [0.3, 0.4) is 0 Å². The van der Waals surface area contributed by atoms with E-state index in [1.807, 2.05) is 6.07 Å². The van der Waals surface area contributed by atoms with Gasteiger partial charge in [-0.15, -0.1) is 22.7 Å². The second kappa shape index (κ2) is 7.21. The van der Waals surface area contributed by atoms with E-state index in [1.54, 1.807) is 25.3 Å². The van der Waals surface area contributed by atoms with Gasteiger partial charge in [-0.2, -0.15) is 0 Å². The van der Waals surface area contributed by atoms with E-state index in [4.69, 9.17) is 16.7 Å². The summed E-state index contributed by atoms with van der Waals surface area (Å²) in [6, 6.07) is 2.80. The standard InChI is InChI=1S/C14H15ClN2O3S2/c1-7(2)12(14(19)20)17-11(18)5-8-6-21-13(16-8)9-3-4-10(15)22-9/h3-4,6-7,12H,5H2,1-2H3,(H,17,18)(H,19,20). The Labute approximate surface area is 141 Å². The highest BCUT2D eigenvalue weighted by molar-refractivity contribution is 7.23. The number of carboxylic acids is 1. The monoisotopic (exact) mass is 358 g/mol. The third-order valence-corrected chi connectivity index (χ3v) is 5.22. The molecular weight excluding hydrogens is 344 g/mol. The minimum Gasteiger partial charge on any atom is -0.480 e. The number of nitrogens with one attached hydrogen (secondary N) is 1. The van der Waals surface area contributed by atoms with Gasteiger partial charge < -0.3 is 10.4 Å². The van der Waals surface area contributed by atoms with Crippen LogP contribution >= 0.6 is 34.3 Å². The Morgan fingerprint density at radius 3 is 2.68 bits per heavy atom. The average molecular weight is 359 g/mol. The van der Waals surface area contributed by atoms with Gasteiger partial charge in [0.15, 0.2) is 0 Å². The second-order valence-electron chi connectivity index (χ2n) is 5.05. The van der Waals surface area contributed by atoms with Gasteiger partial charge in [-0.1, -0.05) is 25.4 Å². The first-order valence-corrected chi connectivity index (χ1v) is 8.66. The SMILES string of the molecule is CC(C)C(NC(=O)Cc1csc(-c2ccc(Cl)s2)n1)C(=O)O. The Kier molecular flexibility index (Phi) is 5.55. The molecule has 5 nitrogen and oxygen atoms in total. The van der Waals surface area contributed by atoms with Crippen LogP contribution in [0.15, 0.2) is 17.5 Å². The Morgan fingerprint density at radius 1 is 1.41 bits per heavy atom. The van der Waals surface area contributed by atoms with Crippen molar-refractivity contribution in [3.05, 3.63) is 27.5 Å². The summed E-state index contributed by atoms with van der Waals surface area (Å²) in [6.07, 6.45) is 0.0616. The van der Waals surface area contributed by atoms with Gasteiger partial charge in [0.1, 0.15) is 11.0 Å². The number of aromatic nitrogens is 1. The molecule has 2 aromatic heterocycles. The number of thiophene rings is 1. The van der Waals surface area contributed by atoms with Crippen molar-refractivity contribution in [1.29, 1.82) is 0 Å². The summed E-state index contributed by atoms with van der Waals surface area (Å²) >= 11 is 8.75. The van der Waals surface area contributed by atoms with Gasteiger partial charge in [-0.25, -0.2) is 9.78 Å². The van der Waals surface area contributed by atoms with Crippen molar-refractivity contribution in [3.8, 4) is 9.88 Å². The zero-order valence-electron chi connectivity index (χ0n) is 12.0. The fourth-order valence-electron chi connectivity index (χ4n) is 1.83. The zero-order chi connectivity index (χ0) is 16.3. The average Bonchev–Trinajstić information content (AvgIpc) is 3.04. The van der Waals surface area contributed by atoms with Gasteiger partial charge >= 0.3 is 5.97 Å². The zero-order valence-corrected chi connectivity index (χ0v) is 14.4. The van der Waals surface area contributed by atoms with Crippen LogP contribution in [0.25, 0.3) is 9.88 Å². The van der Waals surface area contributed by atoms with Crippen LogP contribution in [-0.2, 0) is 16.0 Å². The summed E-state index contributed by atoms with van der Waals surface area (Å²) in [4.78, 5) is 28.4. The number of rotatable bonds is 6. The number of carbonyl (C=O) groups is 2. The van der Waals surface area contributed by atoms with E-state index in [1.165, 1.54) is 22.7 Å². The van der Waals surface area contributed by atoms with Crippen molar-refractivity contribution >= 4 is 46.2 Å². The maximum atomic E-state index is 12.0. The van der Waals surface area contributed by atoms with Crippen LogP contribution in [0.4, 0.5) is 0 Å². The minimum atomic E-state index is -1.03. The molecule has 2 rings (SSSR count). The van der Waals surface area contributed by atoms with Crippen LogP contribution < -0.4 is 5.32 Å². The molecule has 2 aromatic rings. The van der Waals surface area contributed by atoms with Crippen molar-refractivity contribution < 1.29 is 14.7 Å². The molecule has 0 fully saturated rings. The smallest absolute Gasteiger partial charge is 0.326 e. The Morgan fingerprint density at radius 2 is 2.14 bits per heavy atom. The van der Waals surface area contributed by atoms with Crippen molar-refractivity contribution in [2.45, 2.75) is 26.3 Å². The Hall–Kier alpha value is -1.44. The topological polar surface area (TPSA) is 79.3 Å². The predicted molar refractivity (Wildman–Crippen MR) is 88.5 cm³/mol. The lowest BCUT2D eigenvalue weighted by molar-refractivity contribution is -0.143. The molecule has 0 aliphatic heterocycles. The lowest BCUT2D eigenvalue weighted by atomic mass is 10.0. The van der Waals surface area contributed by atoms with Gasteiger partial charge in [-0.05, 0) is 18.1 Å². The number of nitrogens with zero attached hydrogens (tertiary/aromatic N) is 1. The molecule has 1 unspecified atom stereocenters. The molecule has 0 radical (unpaired) electrons. The molecule has 0 saturated heterocycles. The molecule has 1 amide bonds. The first-order valence-electron chi connectivity index (χ1n) is 6.59. The molecule has 2 heterocycles. The van der Waals surface area contributed by atoms with Gasteiger partial charge in [0, 0.05) is 5.38 Å². The highest BCUT2D eigenvalue weighted by Gasteiger charge is 2.23. The third-order valence-electron chi connectivity index (χ3n) is 2.93. The van der Waals surface area contributed by atoms with Crippen LogP contribution in [0.2, 0.25) is 4.34 Å². The molecule has 1 atom stereocenters. The van der Waals surface area contributed by atoms with Crippen LogP contribution in [0.1, 0.15) is 19.5 Å². The largest absolute Gasteiger partial charge is 0.480 e. The molecule has 2 N–H and O–H groups in total. The van der Waals surface area contributed by atoms with E-state index in [2.05, 4.69) is 10.3 Å². The fraction of sp³-hybridized carbons (Fsp3) is 0.357. The number of hydrogen-bond acceptors (Lipinski definition) is 5. The normalized spacial score (nSPS) is 12.4. The lowest BCUT2D eigenvalue weighted by Crippen LogP contribution is -2.44. The van der Waals surface area contributed by atoms with Crippen LogP contribution in [0.5, 0.6) is 0 Å². The fourth-order valence-corrected chi connectivity index (χ4v) is 3.77. The summed E-state index contributed by atoms with van der Waals surface area (Å²) in [5.41, 5.74) is 0.620. The van der Waals surface area contributed by atoms with Gasteiger partial charge in [0.2, 0.25) is 5.91 Å². The maximum Gasteiger partial charge on any atom is 0.326 e. The van der Waals surface area contributed by atoms with E-state index < -0.39 is 12.0 Å². The van der Waals surface area contributed by atoms with Crippen LogP contribution in [0, 0.1) is 5.92 Å². The number of carboxylic acid groups (broad SMARTS) is 1. The summed E-state index contributed by atoms with van der Waals surface area (Å²) in [7, 11) is 0. The Balaban J connectivity index is 2.00. The molecule has 118 valence electrons. The molecule has 8 heteroatoms. The van der Waals surface area contributed by atoms with E-state index in [0.29, 0.717) is 10.0 Å². The third kappa shape index (κ3) is 4.28. The summed E-state index contributed by atoms with van der Waals surface area (Å²) in [6.45, 7) is 3.50. The van der Waals surface area contributed by atoms with Crippen molar-refractivity contribution in [2.24, 2.45) is 5.92 Å². The molecule has 0 aliphatic carbocycles. The van der Waals surface area contributed by atoms with E-state index >= 15 is 0 Å². The lowest BCUT2D eigenvalue weighted by Gasteiger charge is -2.17. The van der Waals surface area contributed by atoms with Gasteiger partial charge in [-0.3, -0.25) is 4.79 Å². The van der Waals surface area contributed by atoms with Gasteiger partial charge in [0.05, 0.1) is 21.3 Å². The van der Waals surface area contributed by atoms with Gasteiger partial charge in [0.25, 0.3) is 0 Å². The number of thiazole rings is 1. The number of aliphatic carboxylic acids is 1. The number of amides is 1. The molecule has 0 aromatic carbocycles. The first-order chi connectivity index (χ1) is 10.4. The highest BCUT2D eigenvalue weighted by atomic mass is 35.5. The molecule has 22 heavy (non-hydrogen) atoms. The summed E-state index contributed by atoms with van der Waals surface area (Å²) in [5, 5.41) is 14.2. The maximum absolute atomic E-state index is 12.0. The first kappa shape index (κ1) is 16.9. The number of halogens is 1. The van der Waals surface area contributed by atoms with Crippen LogP contribution in [-0.4, -0.2) is 28.0 Å². The molecule has 0 spiro atoms. The second-order valence-corrected chi connectivity index (χ2v) is 7.63. The molecule has 0 aliphatic rings. The van der Waals surface area contributed by atoms with Crippen molar-refractivity contribution in [3.63, 3.8) is 0 Å². The summed E-state index contributed by atoms with van der Waals surface area (Å²) < 4.78 is 0.686. The molecule has 0 bridgehead atoms. The van der Waals surface area contributed by atoms with E-state index in [-0.39, 0.29) is 18.2 Å². The quantitative estimate of drug-likeness (QED) is 0.830. The number of hydrogen-bond donors (Lipinski definition) is 2. The highest BCUT2D eigenvalue weighted by Crippen LogP contribution is 2.32. The van der Waals surface area contributed by atoms with Crippen molar-refractivity contribution in [2.75, 3.05) is 0 Å². The number of carbonyl (C=O) groups excluding carboxylic acids is 1. The Bertz CT molecular complexity index is 681. The minimum absolute atomic E-state index is 0.0616. The molecular formula is C14H15ClN2O3S2. The molecule has 0 saturated carbocycles. The van der Waals surface area contributed by atoms with Crippen molar-refractivity contribution in [1.82, 2.24) is 10.3 Å². The predicted octanol–water partition coefficient (Wildman–Crippen LogP) is 3.29. The summed E-state index contributed by atoms with van der Waals surface area (Å²) in [5.74, 6) is -1.56.